The van der Waals surface area contributed by atoms with Gasteiger partial charge in [0.15, 0.2) is 0 Å². The van der Waals surface area contributed by atoms with Crippen LogP contribution in [0, 0.1) is 0 Å². The van der Waals surface area contributed by atoms with Gasteiger partial charge in [-0.15, -0.1) is 0 Å². The SMILES string of the molecule is CCCCOC(=O)CCN1CCN(c2ccc(N3CCOc4ncnc(Cl)c4C3=O)cc2Cl)C1=O. The predicted molar refractivity (Wildman–Crippen MR) is 130 cm³/mol. The summed E-state index contributed by atoms with van der Waals surface area (Å²) in [6, 6.07) is 4.79. The first-order valence-corrected chi connectivity index (χ1v) is 12.1. The number of unbranched alkanes of at least 4 members (excludes halogenated alkanes) is 1. The minimum absolute atomic E-state index is 0.00613. The smallest absolute Gasteiger partial charge is 0.324 e. The molecule has 0 unspecified atom stereocenters. The summed E-state index contributed by atoms with van der Waals surface area (Å²) in [5, 5.41) is 0.317. The molecule has 2 aliphatic heterocycles. The summed E-state index contributed by atoms with van der Waals surface area (Å²) in [5.74, 6) is -0.580. The molecule has 0 bridgehead atoms. The summed E-state index contributed by atoms with van der Waals surface area (Å²) in [4.78, 5) is 50.5. The molecule has 0 N–H and O–H groups in total. The van der Waals surface area contributed by atoms with Crippen LogP contribution in [0.4, 0.5) is 16.2 Å². The molecule has 4 rings (SSSR count). The van der Waals surface area contributed by atoms with Crippen molar-refractivity contribution in [3.05, 3.63) is 40.3 Å². The second-order valence-corrected chi connectivity index (χ2v) is 8.80. The highest BCUT2D eigenvalue weighted by atomic mass is 35.5. The highest BCUT2D eigenvalue weighted by Gasteiger charge is 2.33. The number of carbonyl (C=O) groups excluding carboxylic acids is 3. The minimum atomic E-state index is -0.402. The number of ether oxygens (including phenoxy) is 2. The Balaban J connectivity index is 1.44. The fourth-order valence-electron chi connectivity index (χ4n) is 3.88. The third kappa shape index (κ3) is 5.43. The molecule has 2 aliphatic rings. The standard InChI is InChI=1S/C23H25Cl2N5O5/c1-2-3-11-34-18(31)6-7-28-8-9-30(23(28)33)17-5-4-15(13-16(17)24)29-10-12-35-21-19(22(29)32)20(25)26-14-27-21/h4-5,13-14H,2-3,6-12H2,1H3. The molecular weight excluding hydrogens is 497 g/mol. The number of benzene rings is 1. The molecule has 35 heavy (non-hydrogen) atoms. The topological polar surface area (TPSA) is 105 Å². The quantitative estimate of drug-likeness (QED) is 0.295. The van der Waals surface area contributed by atoms with Gasteiger partial charge in [-0.05, 0) is 24.6 Å². The Morgan fingerprint density at radius 1 is 1.14 bits per heavy atom. The first-order valence-electron chi connectivity index (χ1n) is 11.4. The molecule has 1 aromatic carbocycles. The molecule has 2 aromatic rings. The fraction of sp³-hybridized carbons (Fsp3) is 0.435. The molecule has 1 saturated heterocycles. The van der Waals surface area contributed by atoms with Crippen LogP contribution in [-0.4, -0.2) is 72.2 Å². The van der Waals surface area contributed by atoms with Gasteiger partial charge in [0.05, 0.1) is 30.3 Å². The number of hydrogen-bond acceptors (Lipinski definition) is 7. The molecule has 0 radical (unpaired) electrons. The van der Waals surface area contributed by atoms with Crippen LogP contribution in [0.25, 0.3) is 0 Å². The number of aromatic nitrogens is 2. The van der Waals surface area contributed by atoms with Gasteiger partial charge in [0.25, 0.3) is 5.91 Å². The van der Waals surface area contributed by atoms with Gasteiger partial charge in [0.1, 0.15) is 23.7 Å². The number of carbonyl (C=O) groups is 3. The molecule has 12 heteroatoms. The number of halogens is 2. The minimum Gasteiger partial charge on any atom is -0.475 e. The van der Waals surface area contributed by atoms with Gasteiger partial charge in [-0.25, -0.2) is 14.8 Å². The van der Waals surface area contributed by atoms with E-state index in [1.165, 1.54) is 11.2 Å². The number of nitrogens with zero attached hydrogens (tertiary/aromatic N) is 5. The van der Waals surface area contributed by atoms with Crippen LogP contribution in [0.2, 0.25) is 10.2 Å². The summed E-state index contributed by atoms with van der Waals surface area (Å²) < 4.78 is 10.7. The normalized spacial score (nSPS) is 15.7. The maximum absolute atomic E-state index is 13.1. The van der Waals surface area contributed by atoms with Gasteiger partial charge in [0, 0.05) is 25.3 Å². The van der Waals surface area contributed by atoms with Crippen LogP contribution >= 0.6 is 23.2 Å². The average Bonchev–Trinajstić information content (AvgIpc) is 3.10. The lowest BCUT2D eigenvalue weighted by Gasteiger charge is -2.23. The molecule has 1 fully saturated rings. The molecule has 0 spiro atoms. The molecular formula is C23H25Cl2N5O5. The van der Waals surface area contributed by atoms with E-state index in [4.69, 9.17) is 32.7 Å². The fourth-order valence-corrected chi connectivity index (χ4v) is 4.36. The lowest BCUT2D eigenvalue weighted by atomic mass is 10.2. The maximum atomic E-state index is 13.1. The molecule has 0 aliphatic carbocycles. The van der Waals surface area contributed by atoms with E-state index in [9.17, 15) is 14.4 Å². The van der Waals surface area contributed by atoms with Crippen LogP contribution in [0.1, 0.15) is 36.5 Å². The highest BCUT2D eigenvalue weighted by Crippen LogP contribution is 2.35. The van der Waals surface area contributed by atoms with Gasteiger partial charge in [-0.3, -0.25) is 14.5 Å². The van der Waals surface area contributed by atoms with Crippen molar-refractivity contribution >= 4 is 52.5 Å². The first kappa shape index (κ1) is 25.0. The van der Waals surface area contributed by atoms with Gasteiger partial charge >= 0.3 is 12.0 Å². The van der Waals surface area contributed by atoms with E-state index in [-0.39, 0.29) is 54.7 Å². The largest absolute Gasteiger partial charge is 0.475 e. The molecule has 186 valence electrons. The van der Waals surface area contributed by atoms with Gasteiger partial charge in [0.2, 0.25) is 5.88 Å². The molecule has 3 heterocycles. The van der Waals surface area contributed by atoms with Gasteiger partial charge in [-0.2, -0.15) is 0 Å². The van der Waals surface area contributed by atoms with E-state index in [1.807, 2.05) is 6.92 Å². The Kier molecular flexibility index (Phi) is 7.92. The number of rotatable bonds is 8. The lowest BCUT2D eigenvalue weighted by molar-refractivity contribution is -0.143. The average molecular weight is 522 g/mol. The first-order chi connectivity index (χ1) is 16.9. The van der Waals surface area contributed by atoms with Crippen molar-refractivity contribution in [3.63, 3.8) is 0 Å². The van der Waals surface area contributed by atoms with E-state index in [1.54, 1.807) is 28.0 Å². The second-order valence-electron chi connectivity index (χ2n) is 8.03. The molecule has 0 atom stereocenters. The van der Waals surface area contributed by atoms with Gasteiger partial charge < -0.3 is 19.3 Å². The van der Waals surface area contributed by atoms with Crippen LogP contribution in [-0.2, 0) is 9.53 Å². The van der Waals surface area contributed by atoms with Crippen LogP contribution in [0.3, 0.4) is 0 Å². The highest BCUT2D eigenvalue weighted by molar-refractivity contribution is 6.35. The number of hydrogen-bond donors (Lipinski definition) is 0. The van der Waals surface area contributed by atoms with Crippen LogP contribution in [0.15, 0.2) is 24.5 Å². The van der Waals surface area contributed by atoms with E-state index < -0.39 is 5.91 Å². The Morgan fingerprint density at radius 3 is 2.74 bits per heavy atom. The summed E-state index contributed by atoms with van der Waals surface area (Å²) in [7, 11) is 0. The zero-order valence-electron chi connectivity index (χ0n) is 19.2. The lowest BCUT2D eigenvalue weighted by Crippen LogP contribution is -2.34. The molecule has 0 saturated carbocycles. The maximum Gasteiger partial charge on any atom is 0.324 e. The number of amides is 3. The van der Waals surface area contributed by atoms with Crippen LogP contribution in [0.5, 0.6) is 5.88 Å². The van der Waals surface area contributed by atoms with Crippen molar-refractivity contribution in [2.24, 2.45) is 0 Å². The summed E-state index contributed by atoms with van der Waals surface area (Å²) >= 11 is 12.7. The monoisotopic (exact) mass is 521 g/mol. The zero-order chi connectivity index (χ0) is 24.9. The van der Waals surface area contributed by atoms with E-state index in [2.05, 4.69) is 9.97 Å². The summed E-state index contributed by atoms with van der Waals surface area (Å²) in [6.45, 7) is 4.06. The Hall–Kier alpha value is -3.11. The van der Waals surface area contributed by atoms with E-state index in [0.29, 0.717) is 36.1 Å². The Labute approximate surface area is 212 Å². The third-order valence-electron chi connectivity index (χ3n) is 5.75. The van der Waals surface area contributed by atoms with Crippen molar-refractivity contribution in [3.8, 4) is 5.88 Å². The Bertz CT molecular complexity index is 1130. The number of esters is 1. The molecule has 3 amide bonds. The predicted octanol–water partition coefficient (Wildman–Crippen LogP) is 3.80. The third-order valence-corrected chi connectivity index (χ3v) is 6.34. The van der Waals surface area contributed by atoms with E-state index >= 15 is 0 Å². The molecule has 1 aromatic heterocycles. The number of urea groups is 1. The van der Waals surface area contributed by atoms with Crippen molar-refractivity contribution in [2.75, 3.05) is 49.2 Å². The second kappa shape index (κ2) is 11.1. The zero-order valence-corrected chi connectivity index (χ0v) is 20.7. The Morgan fingerprint density at radius 2 is 1.97 bits per heavy atom. The van der Waals surface area contributed by atoms with Crippen LogP contribution < -0.4 is 14.5 Å². The summed E-state index contributed by atoms with van der Waals surface area (Å²) in [6.07, 6.45) is 3.14. The van der Waals surface area contributed by atoms with Crippen molar-refractivity contribution in [2.45, 2.75) is 26.2 Å². The van der Waals surface area contributed by atoms with Crippen molar-refractivity contribution in [1.29, 1.82) is 0 Å². The molecule has 10 nitrogen and oxygen atoms in total. The van der Waals surface area contributed by atoms with Crippen molar-refractivity contribution < 1.29 is 23.9 Å². The van der Waals surface area contributed by atoms with Crippen molar-refractivity contribution in [1.82, 2.24) is 14.9 Å². The number of anilines is 2. The van der Waals surface area contributed by atoms with E-state index in [0.717, 1.165) is 12.8 Å². The van der Waals surface area contributed by atoms with Gasteiger partial charge in [-0.1, -0.05) is 36.5 Å². The summed E-state index contributed by atoms with van der Waals surface area (Å²) in [5.41, 5.74) is 1.14. The number of fused-ring (bicyclic) bond motifs is 1.